The molecule has 0 fully saturated rings. The summed E-state index contributed by atoms with van der Waals surface area (Å²) in [6, 6.07) is 8.08. The van der Waals surface area contributed by atoms with Crippen LogP contribution >= 0.6 is 11.3 Å². The summed E-state index contributed by atoms with van der Waals surface area (Å²) in [5.74, 6) is 1.36. The van der Waals surface area contributed by atoms with Crippen LogP contribution in [0.25, 0.3) is 0 Å². The van der Waals surface area contributed by atoms with Crippen LogP contribution in [0.2, 0.25) is 0 Å². The second kappa shape index (κ2) is 6.83. The molecule has 134 valence electrons. The van der Waals surface area contributed by atoms with E-state index < -0.39 is 0 Å². The first-order chi connectivity index (χ1) is 11.8. The lowest BCUT2D eigenvalue weighted by atomic mass is 9.87. The number of amides is 1. The molecule has 1 aliphatic rings. The molecule has 1 heterocycles. The van der Waals surface area contributed by atoms with Gasteiger partial charge in [0.1, 0.15) is 5.75 Å². The third-order valence-corrected chi connectivity index (χ3v) is 6.10. The minimum Gasteiger partial charge on any atom is -0.495 e. The summed E-state index contributed by atoms with van der Waals surface area (Å²) in [5.41, 5.74) is 3.27. The van der Waals surface area contributed by atoms with Gasteiger partial charge < -0.3 is 10.1 Å². The Morgan fingerprint density at radius 2 is 2.04 bits per heavy atom. The molecule has 0 bridgehead atoms. The smallest absolute Gasteiger partial charge is 0.265 e. The molecule has 1 amide bonds. The van der Waals surface area contributed by atoms with Crippen molar-refractivity contribution in [3.63, 3.8) is 0 Å². The van der Waals surface area contributed by atoms with Crippen LogP contribution in [0.15, 0.2) is 24.3 Å². The maximum atomic E-state index is 12.8. The van der Waals surface area contributed by atoms with Gasteiger partial charge in [-0.1, -0.05) is 33.8 Å². The SMILES string of the molecule is COc1ccc(C(C)(C)C)cc1NC(=O)c1cc2c(s1)CC[C@@H](C)C2. The Balaban J connectivity index is 1.85. The number of hydrogen-bond acceptors (Lipinski definition) is 3. The van der Waals surface area contributed by atoms with Crippen LogP contribution < -0.4 is 10.1 Å². The maximum Gasteiger partial charge on any atom is 0.265 e. The highest BCUT2D eigenvalue weighted by molar-refractivity contribution is 7.14. The Hall–Kier alpha value is -1.81. The number of nitrogens with one attached hydrogen (secondary N) is 1. The van der Waals surface area contributed by atoms with Gasteiger partial charge >= 0.3 is 0 Å². The van der Waals surface area contributed by atoms with E-state index in [4.69, 9.17) is 4.74 Å². The van der Waals surface area contributed by atoms with Gasteiger partial charge in [0, 0.05) is 4.88 Å². The molecule has 1 aromatic heterocycles. The number of fused-ring (bicyclic) bond motifs is 1. The van der Waals surface area contributed by atoms with E-state index in [0.717, 1.165) is 23.4 Å². The van der Waals surface area contributed by atoms with Crippen molar-refractivity contribution in [2.45, 2.75) is 52.4 Å². The Labute approximate surface area is 154 Å². The molecular formula is C21H27NO2S. The minimum absolute atomic E-state index is 0.0178. The van der Waals surface area contributed by atoms with E-state index in [1.165, 1.54) is 22.4 Å². The number of benzene rings is 1. The molecule has 1 atom stereocenters. The quantitative estimate of drug-likeness (QED) is 0.795. The summed E-state index contributed by atoms with van der Waals surface area (Å²) < 4.78 is 5.43. The molecule has 2 aromatic rings. The van der Waals surface area contributed by atoms with Gasteiger partial charge in [-0.3, -0.25) is 4.79 Å². The van der Waals surface area contributed by atoms with Crippen LogP contribution in [0.5, 0.6) is 5.75 Å². The Kier molecular flexibility index (Phi) is 4.92. The average Bonchev–Trinajstić information content (AvgIpc) is 2.97. The van der Waals surface area contributed by atoms with E-state index in [2.05, 4.69) is 45.1 Å². The molecule has 1 N–H and O–H groups in total. The summed E-state index contributed by atoms with van der Waals surface area (Å²) in [4.78, 5) is 15.0. The molecule has 0 spiro atoms. The van der Waals surface area contributed by atoms with Crippen LogP contribution in [0.3, 0.4) is 0 Å². The van der Waals surface area contributed by atoms with Crippen LogP contribution in [0.4, 0.5) is 5.69 Å². The molecule has 3 nitrogen and oxygen atoms in total. The van der Waals surface area contributed by atoms with Gasteiger partial charge in [-0.15, -0.1) is 11.3 Å². The van der Waals surface area contributed by atoms with Gasteiger partial charge in [-0.25, -0.2) is 0 Å². The van der Waals surface area contributed by atoms with E-state index >= 15 is 0 Å². The Morgan fingerprint density at radius 3 is 2.72 bits per heavy atom. The zero-order chi connectivity index (χ0) is 18.2. The second-order valence-electron chi connectivity index (χ2n) is 8.03. The summed E-state index contributed by atoms with van der Waals surface area (Å²) in [6.45, 7) is 8.77. The highest BCUT2D eigenvalue weighted by Gasteiger charge is 2.22. The van der Waals surface area contributed by atoms with Crippen molar-refractivity contribution in [3.8, 4) is 5.75 Å². The van der Waals surface area contributed by atoms with E-state index in [-0.39, 0.29) is 11.3 Å². The molecule has 0 aliphatic heterocycles. The van der Waals surface area contributed by atoms with Crippen LogP contribution in [-0.2, 0) is 18.3 Å². The van der Waals surface area contributed by atoms with Crippen molar-refractivity contribution < 1.29 is 9.53 Å². The predicted molar refractivity (Wildman–Crippen MR) is 105 cm³/mol. The number of thiophene rings is 1. The number of rotatable bonds is 3. The topological polar surface area (TPSA) is 38.3 Å². The van der Waals surface area contributed by atoms with Gasteiger partial charge in [0.05, 0.1) is 17.7 Å². The number of carbonyl (C=O) groups is 1. The van der Waals surface area contributed by atoms with Gasteiger partial charge in [-0.2, -0.15) is 0 Å². The standard InChI is InChI=1S/C21H27NO2S/c1-13-6-9-18-14(10-13)11-19(25-18)20(23)22-16-12-15(21(2,3)4)7-8-17(16)24-5/h7-8,11-13H,6,9-10H2,1-5H3,(H,22,23)/t13-/m1/s1. The lowest BCUT2D eigenvalue weighted by Crippen LogP contribution is -2.15. The molecule has 0 radical (unpaired) electrons. The molecular weight excluding hydrogens is 330 g/mol. The molecule has 25 heavy (non-hydrogen) atoms. The van der Waals surface area contributed by atoms with Gasteiger partial charge in [0.25, 0.3) is 5.91 Å². The number of methoxy groups -OCH3 is 1. The first-order valence-corrected chi connectivity index (χ1v) is 9.71. The monoisotopic (exact) mass is 357 g/mol. The molecule has 3 rings (SSSR count). The van der Waals surface area contributed by atoms with Crippen molar-refractivity contribution in [1.82, 2.24) is 0 Å². The number of hydrogen-bond donors (Lipinski definition) is 1. The van der Waals surface area contributed by atoms with Crippen molar-refractivity contribution in [1.29, 1.82) is 0 Å². The molecule has 1 aromatic carbocycles. The third-order valence-electron chi connectivity index (χ3n) is 4.87. The van der Waals surface area contributed by atoms with Gasteiger partial charge in [0.15, 0.2) is 0 Å². The second-order valence-corrected chi connectivity index (χ2v) is 9.16. The van der Waals surface area contributed by atoms with E-state index in [9.17, 15) is 4.79 Å². The minimum atomic E-state index is -0.0450. The highest BCUT2D eigenvalue weighted by Crippen LogP contribution is 2.34. The summed E-state index contributed by atoms with van der Waals surface area (Å²) in [7, 11) is 1.63. The Morgan fingerprint density at radius 1 is 1.28 bits per heavy atom. The third kappa shape index (κ3) is 3.90. The van der Waals surface area contributed by atoms with Crippen molar-refractivity contribution in [2.24, 2.45) is 5.92 Å². The zero-order valence-electron chi connectivity index (χ0n) is 15.7. The Bertz CT molecular complexity index is 786. The number of aryl methyl sites for hydroxylation is 1. The summed E-state index contributed by atoms with van der Waals surface area (Å²) in [6.07, 6.45) is 3.40. The van der Waals surface area contributed by atoms with Crippen molar-refractivity contribution >= 4 is 22.9 Å². The van der Waals surface area contributed by atoms with Gasteiger partial charge in [0.2, 0.25) is 0 Å². The van der Waals surface area contributed by atoms with Crippen molar-refractivity contribution in [3.05, 3.63) is 45.1 Å². The fourth-order valence-electron chi connectivity index (χ4n) is 3.27. The maximum absolute atomic E-state index is 12.8. The predicted octanol–water partition coefficient (Wildman–Crippen LogP) is 5.43. The average molecular weight is 358 g/mol. The lowest BCUT2D eigenvalue weighted by Gasteiger charge is -2.21. The number of carbonyl (C=O) groups excluding carboxylic acids is 1. The molecule has 1 aliphatic carbocycles. The largest absolute Gasteiger partial charge is 0.495 e. The molecule has 4 heteroatoms. The number of anilines is 1. The first kappa shape index (κ1) is 18.0. The van der Waals surface area contributed by atoms with E-state index in [1.807, 2.05) is 12.1 Å². The van der Waals surface area contributed by atoms with Gasteiger partial charge in [-0.05, 0) is 59.9 Å². The van der Waals surface area contributed by atoms with Crippen molar-refractivity contribution in [2.75, 3.05) is 12.4 Å². The van der Waals surface area contributed by atoms with E-state index in [1.54, 1.807) is 18.4 Å². The molecule has 0 saturated carbocycles. The highest BCUT2D eigenvalue weighted by atomic mass is 32.1. The lowest BCUT2D eigenvalue weighted by molar-refractivity contribution is 0.103. The zero-order valence-corrected chi connectivity index (χ0v) is 16.5. The van der Waals surface area contributed by atoms with Crippen LogP contribution in [0.1, 0.15) is 59.8 Å². The number of ether oxygens (including phenoxy) is 1. The fraction of sp³-hybridized carbons (Fsp3) is 0.476. The fourth-order valence-corrected chi connectivity index (χ4v) is 4.38. The van der Waals surface area contributed by atoms with Crippen LogP contribution in [-0.4, -0.2) is 13.0 Å². The summed E-state index contributed by atoms with van der Waals surface area (Å²) >= 11 is 1.64. The summed E-state index contributed by atoms with van der Waals surface area (Å²) in [5, 5.41) is 3.06. The normalized spacial score (nSPS) is 17.1. The van der Waals surface area contributed by atoms with E-state index in [0.29, 0.717) is 11.7 Å². The van der Waals surface area contributed by atoms with Crippen LogP contribution in [0, 0.1) is 5.92 Å². The molecule has 0 saturated heterocycles. The molecule has 0 unspecified atom stereocenters. The first-order valence-electron chi connectivity index (χ1n) is 8.89.